The highest BCUT2D eigenvalue weighted by molar-refractivity contribution is 5.58. The second-order valence-corrected chi connectivity index (χ2v) is 9.38. The van der Waals surface area contributed by atoms with Crippen LogP contribution in [0, 0.1) is 5.92 Å². The molecule has 2 aromatic rings. The molecule has 3 nitrogen and oxygen atoms in total. The molecule has 2 aliphatic heterocycles. The van der Waals surface area contributed by atoms with Gasteiger partial charge in [-0.15, -0.1) is 0 Å². The van der Waals surface area contributed by atoms with Gasteiger partial charge in [-0.1, -0.05) is 30.3 Å². The molecule has 0 spiro atoms. The number of hydrogen-bond donors (Lipinski definition) is 2. The highest BCUT2D eigenvalue weighted by Gasteiger charge is 2.43. The van der Waals surface area contributed by atoms with Gasteiger partial charge in [0.15, 0.2) is 0 Å². The van der Waals surface area contributed by atoms with Crippen molar-refractivity contribution in [3.05, 3.63) is 65.2 Å². The second-order valence-electron chi connectivity index (χ2n) is 9.38. The smallest absolute Gasteiger partial charge is 0.378 e. The molecule has 1 fully saturated rings. The first-order valence-electron chi connectivity index (χ1n) is 10.5. The Hall–Kier alpha value is -2.05. The van der Waals surface area contributed by atoms with E-state index in [1.165, 1.54) is 6.07 Å². The summed E-state index contributed by atoms with van der Waals surface area (Å²) in [7, 11) is 0. The number of rotatable bonds is 3. The van der Waals surface area contributed by atoms with Crippen molar-refractivity contribution in [3.8, 4) is 0 Å². The molecule has 6 heteroatoms. The van der Waals surface area contributed by atoms with Crippen LogP contribution in [0.25, 0.3) is 0 Å². The maximum absolute atomic E-state index is 13.4. The van der Waals surface area contributed by atoms with Gasteiger partial charge in [-0.25, -0.2) is 0 Å². The van der Waals surface area contributed by atoms with E-state index in [0.29, 0.717) is 12.1 Å². The van der Waals surface area contributed by atoms with E-state index in [4.69, 9.17) is 4.74 Å². The minimum absolute atomic E-state index is 0.0111. The lowest BCUT2D eigenvalue weighted by Crippen LogP contribution is -2.46. The van der Waals surface area contributed by atoms with Crippen molar-refractivity contribution in [2.45, 2.75) is 63.6 Å². The van der Waals surface area contributed by atoms with E-state index >= 15 is 0 Å². The van der Waals surface area contributed by atoms with E-state index in [9.17, 15) is 13.2 Å². The predicted molar refractivity (Wildman–Crippen MR) is 112 cm³/mol. The molecule has 0 bridgehead atoms. The van der Waals surface area contributed by atoms with Crippen molar-refractivity contribution in [1.29, 1.82) is 0 Å². The van der Waals surface area contributed by atoms with E-state index in [2.05, 4.69) is 43.5 Å². The largest absolute Gasteiger partial charge is 0.416 e. The lowest BCUT2D eigenvalue weighted by atomic mass is 9.76. The van der Waals surface area contributed by atoms with E-state index in [1.54, 1.807) is 6.07 Å². The summed E-state index contributed by atoms with van der Waals surface area (Å²) in [5, 5.41) is 6.97. The quantitative estimate of drug-likeness (QED) is 0.632. The average molecular weight is 419 g/mol. The predicted octanol–water partition coefficient (Wildman–Crippen LogP) is 6.10. The van der Waals surface area contributed by atoms with Gasteiger partial charge in [0, 0.05) is 29.3 Å². The first-order chi connectivity index (χ1) is 14.1. The summed E-state index contributed by atoms with van der Waals surface area (Å²) in [6, 6.07) is 14.1. The maximum Gasteiger partial charge on any atom is 0.416 e. The molecule has 2 aromatic carbocycles. The zero-order valence-electron chi connectivity index (χ0n) is 17.6. The topological polar surface area (TPSA) is 33.3 Å². The SMILES string of the molecule is CC(C)(C)NC[C@H]1CC[C@@H]2[C@H](O1)c1cc(C(F)(F)F)ccc1N[C@H]2c1ccccc1. The van der Waals surface area contributed by atoms with Crippen molar-refractivity contribution in [2.24, 2.45) is 5.92 Å². The summed E-state index contributed by atoms with van der Waals surface area (Å²) in [6.45, 7) is 6.98. The van der Waals surface area contributed by atoms with Gasteiger partial charge in [-0.3, -0.25) is 0 Å². The monoisotopic (exact) mass is 418 g/mol. The first kappa shape index (κ1) is 21.2. The van der Waals surface area contributed by atoms with Crippen LogP contribution >= 0.6 is 0 Å². The Balaban J connectivity index is 1.68. The summed E-state index contributed by atoms with van der Waals surface area (Å²) >= 11 is 0. The Kier molecular flexibility index (Phi) is 5.58. The van der Waals surface area contributed by atoms with Gasteiger partial charge in [-0.2, -0.15) is 13.2 Å². The Morgan fingerprint density at radius 1 is 1.03 bits per heavy atom. The number of hydrogen-bond acceptors (Lipinski definition) is 3. The van der Waals surface area contributed by atoms with Gasteiger partial charge in [0.2, 0.25) is 0 Å². The number of halogens is 3. The Bertz CT molecular complexity index is 876. The Morgan fingerprint density at radius 3 is 2.43 bits per heavy atom. The average Bonchev–Trinajstić information content (AvgIpc) is 2.70. The number of nitrogens with one attached hydrogen (secondary N) is 2. The molecule has 2 N–H and O–H groups in total. The van der Waals surface area contributed by atoms with E-state index in [0.717, 1.165) is 30.2 Å². The van der Waals surface area contributed by atoms with Crippen LogP contribution in [0.4, 0.5) is 18.9 Å². The molecule has 0 unspecified atom stereocenters. The molecule has 0 aliphatic carbocycles. The van der Waals surface area contributed by atoms with E-state index in [1.807, 2.05) is 18.2 Å². The maximum atomic E-state index is 13.4. The van der Waals surface area contributed by atoms with Crippen LogP contribution in [-0.2, 0) is 10.9 Å². The number of anilines is 1. The summed E-state index contributed by atoms with van der Waals surface area (Å²) in [5.41, 5.74) is 1.80. The molecule has 4 rings (SSSR count). The van der Waals surface area contributed by atoms with Crippen LogP contribution in [0.5, 0.6) is 0 Å². The van der Waals surface area contributed by atoms with Gasteiger partial charge in [-0.05, 0) is 57.4 Å². The van der Waals surface area contributed by atoms with Gasteiger partial charge in [0.25, 0.3) is 0 Å². The van der Waals surface area contributed by atoms with E-state index < -0.39 is 11.7 Å². The van der Waals surface area contributed by atoms with Crippen LogP contribution in [0.1, 0.15) is 62.4 Å². The third-order valence-corrected chi connectivity index (χ3v) is 5.99. The molecule has 4 atom stereocenters. The zero-order chi connectivity index (χ0) is 21.5. The van der Waals surface area contributed by atoms with Crippen LogP contribution in [0.3, 0.4) is 0 Å². The molecule has 0 saturated carbocycles. The standard InChI is InChI=1S/C24H29F3N2O/c1-23(2,3)28-14-17-10-11-18-21(15-7-5-4-6-8-15)29-20-12-9-16(24(25,26)27)13-19(20)22(18)30-17/h4-9,12-13,17-18,21-22,28-29H,10-11,14H2,1-3H3/t17-,18+,21+,22+/m1/s1. The molecule has 2 aliphatic rings. The van der Waals surface area contributed by atoms with E-state index in [-0.39, 0.29) is 29.7 Å². The summed E-state index contributed by atoms with van der Waals surface area (Å²) in [4.78, 5) is 0. The number of fused-ring (bicyclic) bond motifs is 3. The molecular formula is C24H29F3N2O. The van der Waals surface area contributed by atoms with Crippen molar-refractivity contribution in [3.63, 3.8) is 0 Å². The third kappa shape index (κ3) is 4.49. The fourth-order valence-corrected chi connectivity index (χ4v) is 4.49. The number of ether oxygens (including phenoxy) is 1. The van der Waals surface area contributed by atoms with Crippen molar-refractivity contribution in [2.75, 3.05) is 11.9 Å². The van der Waals surface area contributed by atoms with Crippen LogP contribution < -0.4 is 10.6 Å². The second kappa shape index (κ2) is 7.89. The van der Waals surface area contributed by atoms with Crippen molar-refractivity contribution < 1.29 is 17.9 Å². The molecule has 0 amide bonds. The minimum Gasteiger partial charge on any atom is -0.378 e. The zero-order valence-corrected chi connectivity index (χ0v) is 17.6. The Labute approximate surface area is 176 Å². The van der Waals surface area contributed by atoms with Crippen LogP contribution in [-0.4, -0.2) is 18.2 Å². The summed E-state index contributed by atoms with van der Waals surface area (Å²) in [5.74, 6) is 0.0780. The molecule has 162 valence electrons. The minimum atomic E-state index is -4.37. The number of alkyl halides is 3. The van der Waals surface area contributed by atoms with Gasteiger partial charge < -0.3 is 15.4 Å². The summed E-state index contributed by atoms with van der Waals surface area (Å²) < 4.78 is 46.6. The highest BCUT2D eigenvalue weighted by Crippen LogP contribution is 2.51. The van der Waals surface area contributed by atoms with Gasteiger partial charge >= 0.3 is 6.18 Å². The molecule has 1 saturated heterocycles. The fraction of sp³-hybridized carbons (Fsp3) is 0.500. The normalized spacial score (nSPS) is 26.5. The fourth-order valence-electron chi connectivity index (χ4n) is 4.49. The molecular weight excluding hydrogens is 389 g/mol. The van der Waals surface area contributed by atoms with Crippen molar-refractivity contribution >= 4 is 5.69 Å². The van der Waals surface area contributed by atoms with Crippen molar-refractivity contribution in [1.82, 2.24) is 5.32 Å². The van der Waals surface area contributed by atoms with Gasteiger partial charge in [0.05, 0.1) is 23.8 Å². The lowest BCUT2D eigenvalue weighted by Gasteiger charge is -2.46. The summed E-state index contributed by atoms with van der Waals surface area (Å²) in [6.07, 6.45) is -2.99. The van der Waals surface area contributed by atoms with Gasteiger partial charge in [0.1, 0.15) is 0 Å². The molecule has 0 aromatic heterocycles. The molecule has 0 radical (unpaired) electrons. The molecule has 30 heavy (non-hydrogen) atoms. The number of benzene rings is 2. The van der Waals surface area contributed by atoms with Crippen LogP contribution in [0.15, 0.2) is 48.5 Å². The highest BCUT2D eigenvalue weighted by atomic mass is 19.4. The molecule has 2 heterocycles. The lowest BCUT2D eigenvalue weighted by molar-refractivity contribution is -0.138. The first-order valence-corrected chi connectivity index (χ1v) is 10.5. The Morgan fingerprint density at radius 2 is 1.77 bits per heavy atom. The van der Waals surface area contributed by atoms with Crippen LogP contribution in [0.2, 0.25) is 0 Å². The third-order valence-electron chi connectivity index (χ3n) is 5.99.